The second-order valence-electron chi connectivity index (χ2n) is 7.11. The van der Waals surface area contributed by atoms with Crippen molar-refractivity contribution >= 4 is 11.6 Å². The van der Waals surface area contributed by atoms with Crippen LogP contribution in [-0.4, -0.2) is 30.5 Å². The van der Waals surface area contributed by atoms with Crippen LogP contribution in [0.25, 0.3) is 11.4 Å². The van der Waals surface area contributed by atoms with Crippen molar-refractivity contribution in [3.8, 4) is 11.4 Å². The monoisotopic (exact) mass is 364 g/mol. The highest BCUT2D eigenvalue weighted by Crippen LogP contribution is 2.25. The summed E-state index contributed by atoms with van der Waals surface area (Å²) in [5.74, 6) is 1.78. The maximum atomic E-state index is 12.7. The van der Waals surface area contributed by atoms with Crippen LogP contribution < -0.4 is 5.32 Å². The van der Waals surface area contributed by atoms with Gasteiger partial charge in [-0.1, -0.05) is 18.6 Å². The molecule has 0 aliphatic carbocycles. The molecule has 0 radical (unpaired) electrons. The third-order valence-electron chi connectivity index (χ3n) is 5.22. The Morgan fingerprint density at radius 3 is 2.78 bits per heavy atom. The van der Waals surface area contributed by atoms with E-state index < -0.39 is 0 Å². The lowest BCUT2D eigenvalue weighted by Gasteiger charge is -2.10. The molecule has 0 saturated heterocycles. The number of rotatable bonds is 3. The van der Waals surface area contributed by atoms with Gasteiger partial charge in [0.2, 0.25) is 0 Å². The van der Waals surface area contributed by atoms with E-state index >= 15 is 0 Å². The van der Waals surface area contributed by atoms with Gasteiger partial charge in [0.1, 0.15) is 5.82 Å². The summed E-state index contributed by atoms with van der Waals surface area (Å²) in [5, 5.41) is 16.1. The molecule has 0 unspecified atom stereocenters. The molecule has 0 saturated carbocycles. The van der Waals surface area contributed by atoms with Crippen molar-refractivity contribution in [1.29, 1.82) is 0 Å². The summed E-state index contributed by atoms with van der Waals surface area (Å²) in [6, 6.07) is 7.80. The van der Waals surface area contributed by atoms with Gasteiger partial charge in [-0.2, -0.15) is 5.10 Å². The minimum atomic E-state index is -0.143. The highest BCUT2D eigenvalue weighted by Gasteiger charge is 2.19. The first-order valence-corrected chi connectivity index (χ1v) is 9.38. The second-order valence-corrected chi connectivity index (χ2v) is 7.11. The van der Waals surface area contributed by atoms with E-state index in [0.29, 0.717) is 5.56 Å². The zero-order valence-corrected chi connectivity index (χ0v) is 16.0. The first-order chi connectivity index (χ1) is 13.0. The SMILES string of the molecule is Cc1nn(C)c(C)c1C(=O)Nc1cccc(-c2nnc3n2CCCCC3)c1. The van der Waals surface area contributed by atoms with Gasteiger partial charge in [0, 0.05) is 37.0 Å². The van der Waals surface area contributed by atoms with Crippen LogP contribution in [0.5, 0.6) is 0 Å². The van der Waals surface area contributed by atoms with Gasteiger partial charge < -0.3 is 9.88 Å². The number of nitrogens with zero attached hydrogens (tertiary/aromatic N) is 5. The van der Waals surface area contributed by atoms with Crippen LogP contribution in [0.2, 0.25) is 0 Å². The lowest BCUT2D eigenvalue weighted by molar-refractivity contribution is 0.102. The van der Waals surface area contributed by atoms with Crippen molar-refractivity contribution in [1.82, 2.24) is 24.5 Å². The van der Waals surface area contributed by atoms with Gasteiger partial charge in [-0.15, -0.1) is 10.2 Å². The maximum absolute atomic E-state index is 12.7. The molecule has 1 aliphatic heterocycles. The van der Waals surface area contributed by atoms with Crippen LogP contribution in [0, 0.1) is 13.8 Å². The molecule has 0 spiro atoms. The number of aromatic nitrogens is 5. The van der Waals surface area contributed by atoms with E-state index in [0.717, 1.165) is 60.1 Å². The third-order valence-corrected chi connectivity index (χ3v) is 5.22. The molecule has 4 rings (SSSR count). The Kier molecular flexibility index (Phi) is 4.51. The summed E-state index contributed by atoms with van der Waals surface area (Å²) in [6.45, 7) is 4.70. The van der Waals surface area contributed by atoms with E-state index in [4.69, 9.17) is 0 Å². The Morgan fingerprint density at radius 2 is 2.00 bits per heavy atom. The molecular weight excluding hydrogens is 340 g/mol. The standard InChI is InChI=1S/C20H24N6O/c1-13-18(14(2)25(3)24-13)20(27)21-16-9-7-8-15(12-16)19-23-22-17-10-5-4-6-11-26(17)19/h7-9,12H,4-6,10-11H2,1-3H3,(H,21,27). The molecule has 0 bridgehead atoms. The summed E-state index contributed by atoms with van der Waals surface area (Å²) in [4.78, 5) is 12.7. The molecule has 140 valence electrons. The number of carbonyl (C=O) groups is 1. The van der Waals surface area contributed by atoms with Gasteiger partial charge >= 0.3 is 0 Å². The predicted molar refractivity (Wildman–Crippen MR) is 104 cm³/mol. The zero-order chi connectivity index (χ0) is 19.0. The average molecular weight is 364 g/mol. The largest absolute Gasteiger partial charge is 0.322 e. The fourth-order valence-corrected chi connectivity index (χ4v) is 3.73. The smallest absolute Gasteiger partial charge is 0.259 e. The Balaban J connectivity index is 1.62. The molecule has 3 heterocycles. The van der Waals surface area contributed by atoms with Gasteiger partial charge in [0.05, 0.1) is 11.3 Å². The highest BCUT2D eigenvalue weighted by atomic mass is 16.1. The van der Waals surface area contributed by atoms with Crippen molar-refractivity contribution in [3.63, 3.8) is 0 Å². The molecule has 27 heavy (non-hydrogen) atoms. The molecule has 0 fully saturated rings. The van der Waals surface area contributed by atoms with Crippen LogP contribution >= 0.6 is 0 Å². The van der Waals surface area contributed by atoms with Crippen LogP contribution in [0.4, 0.5) is 5.69 Å². The van der Waals surface area contributed by atoms with Crippen molar-refractivity contribution in [2.75, 3.05) is 5.32 Å². The Hall–Kier alpha value is -2.96. The van der Waals surface area contributed by atoms with Gasteiger partial charge in [-0.3, -0.25) is 9.48 Å². The average Bonchev–Trinajstić information content (AvgIpc) is 3.05. The Labute approximate surface area is 158 Å². The van der Waals surface area contributed by atoms with Crippen LogP contribution in [0.1, 0.15) is 46.8 Å². The van der Waals surface area contributed by atoms with Crippen LogP contribution in [0.15, 0.2) is 24.3 Å². The van der Waals surface area contributed by atoms with E-state index in [2.05, 4.69) is 25.2 Å². The normalized spacial score (nSPS) is 13.9. The molecule has 3 aromatic rings. The fourth-order valence-electron chi connectivity index (χ4n) is 3.73. The molecule has 7 heteroatoms. The summed E-state index contributed by atoms with van der Waals surface area (Å²) in [5.41, 5.74) is 3.91. The van der Waals surface area contributed by atoms with E-state index in [1.54, 1.807) is 4.68 Å². The summed E-state index contributed by atoms with van der Waals surface area (Å²) in [7, 11) is 1.84. The molecule has 1 aliphatic rings. The van der Waals surface area contributed by atoms with Crippen molar-refractivity contribution in [3.05, 3.63) is 47.0 Å². The van der Waals surface area contributed by atoms with Crippen LogP contribution in [-0.2, 0) is 20.0 Å². The second kappa shape index (κ2) is 6.98. The third kappa shape index (κ3) is 3.25. The fraction of sp³-hybridized carbons (Fsp3) is 0.400. The number of amides is 1. The number of anilines is 1. The van der Waals surface area contributed by atoms with Crippen molar-refractivity contribution in [2.45, 2.75) is 46.1 Å². The Bertz CT molecular complexity index is 1000. The number of benzene rings is 1. The molecule has 7 nitrogen and oxygen atoms in total. The minimum absolute atomic E-state index is 0.143. The number of fused-ring (bicyclic) bond motifs is 1. The number of hydrogen-bond acceptors (Lipinski definition) is 4. The van der Waals surface area contributed by atoms with Gasteiger partial charge in [0.25, 0.3) is 5.91 Å². The Morgan fingerprint density at radius 1 is 1.15 bits per heavy atom. The maximum Gasteiger partial charge on any atom is 0.259 e. The van der Waals surface area contributed by atoms with E-state index in [1.807, 2.05) is 45.2 Å². The quantitative estimate of drug-likeness (QED) is 0.774. The zero-order valence-electron chi connectivity index (χ0n) is 16.0. The number of hydrogen-bond donors (Lipinski definition) is 1. The molecule has 1 aromatic carbocycles. The van der Waals surface area contributed by atoms with Gasteiger partial charge in [-0.25, -0.2) is 0 Å². The molecule has 0 atom stereocenters. The molecule has 1 N–H and O–H groups in total. The predicted octanol–water partition coefficient (Wildman–Crippen LogP) is 3.27. The van der Waals surface area contributed by atoms with E-state index in [9.17, 15) is 4.79 Å². The van der Waals surface area contributed by atoms with Crippen molar-refractivity contribution in [2.24, 2.45) is 7.05 Å². The summed E-state index contributed by atoms with van der Waals surface area (Å²) >= 11 is 0. The lowest BCUT2D eigenvalue weighted by atomic mass is 10.1. The summed E-state index contributed by atoms with van der Waals surface area (Å²) in [6.07, 6.45) is 4.51. The van der Waals surface area contributed by atoms with Crippen molar-refractivity contribution < 1.29 is 4.79 Å². The number of aryl methyl sites for hydroxylation is 3. The topological polar surface area (TPSA) is 77.6 Å². The van der Waals surface area contributed by atoms with Gasteiger partial charge in [0.15, 0.2) is 5.82 Å². The van der Waals surface area contributed by atoms with Crippen LogP contribution in [0.3, 0.4) is 0 Å². The van der Waals surface area contributed by atoms with E-state index in [-0.39, 0.29) is 5.91 Å². The minimum Gasteiger partial charge on any atom is -0.322 e. The van der Waals surface area contributed by atoms with Gasteiger partial charge in [-0.05, 0) is 38.8 Å². The summed E-state index contributed by atoms with van der Waals surface area (Å²) < 4.78 is 3.94. The first kappa shape index (κ1) is 17.5. The number of carbonyl (C=O) groups excluding carboxylic acids is 1. The first-order valence-electron chi connectivity index (χ1n) is 9.38. The van der Waals surface area contributed by atoms with E-state index in [1.165, 1.54) is 6.42 Å². The molecular formula is C20H24N6O. The molecule has 2 aromatic heterocycles. The highest BCUT2D eigenvalue weighted by molar-refractivity contribution is 6.06. The number of nitrogens with one attached hydrogen (secondary N) is 1. The lowest BCUT2D eigenvalue weighted by Crippen LogP contribution is -2.14. The molecule has 1 amide bonds.